The van der Waals surface area contributed by atoms with Crippen molar-refractivity contribution in [1.82, 2.24) is 0 Å². The lowest BCUT2D eigenvalue weighted by molar-refractivity contribution is 0.610. The van der Waals surface area contributed by atoms with E-state index in [0.29, 0.717) is 11.6 Å². The van der Waals surface area contributed by atoms with Crippen LogP contribution in [0.3, 0.4) is 0 Å². The Morgan fingerprint density at radius 3 is 2.62 bits per heavy atom. The largest absolute Gasteiger partial charge is 0.381 e. The lowest BCUT2D eigenvalue weighted by Gasteiger charge is -2.27. The minimum absolute atomic E-state index is 0.381. The van der Waals surface area contributed by atoms with Crippen molar-refractivity contribution in [1.29, 1.82) is 5.26 Å². The van der Waals surface area contributed by atoms with E-state index in [0.717, 1.165) is 33.9 Å². The Balaban J connectivity index is 1.79. The minimum Gasteiger partial charge on any atom is -0.381 e. The van der Waals surface area contributed by atoms with Crippen LogP contribution in [0.5, 0.6) is 0 Å². The number of anilines is 1. The Morgan fingerprint density at radius 2 is 1.81 bits per heavy atom. The van der Waals surface area contributed by atoms with Gasteiger partial charge in [0, 0.05) is 15.0 Å². The molecule has 1 aliphatic rings. The predicted octanol–water partition coefficient (Wildman–Crippen LogP) is 5.05. The highest BCUT2D eigenvalue weighted by molar-refractivity contribution is 9.10. The molecule has 1 atom stereocenters. The smallest absolute Gasteiger partial charge is 0.101 e. The summed E-state index contributed by atoms with van der Waals surface area (Å²) in [6.45, 7) is 0. The summed E-state index contributed by atoms with van der Waals surface area (Å²) in [5.74, 6) is 0. The first kappa shape index (κ1) is 14.6. The van der Waals surface area contributed by atoms with Gasteiger partial charge in [-0.25, -0.2) is 0 Å². The van der Waals surface area contributed by atoms with Crippen LogP contribution >= 0.6 is 31.9 Å². The monoisotopic (exact) mass is 404 g/mol. The molecule has 0 saturated carbocycles. The van der Waals surface area contributed by atoms with E-state index in [1.54, 1.807) is 0 Å². The fourth-order valence-electron chi connectivity index (χ4n) is 2.80. The van der Waals surface area contributed by atoms with E-state index < -0.39 is 0 Å². The third-order valence-electron chi connectivity index (χ3n) is 3.86. The van der Waals surface area contributed by atoms with Crippen molar-refractivity contribution in [3.63, 3.8) is 0 Å². The maximum atomic E-state index is 9.24. The van der Waals surface area contributed by atoms with Gasteiger partial charge in [0.2, 0.25) is 0 Å². The van der Waals surface area contributed by atoms with Gasteiger partial charge in [0.1, 0.15) is 6.07 Å². The van der Waals surface area contributed by atoms with Crippen molar-refractivity contribution in [2.24, 2.45) is 0 Å². The van der Waals surface area contributed by atoms with E-state index >= 15 is 0 Å². The summed E-state index contributed by atoms with van der Waals surface area (Å²) in [6.07, 6.45) is 3.17. The average Bonchev–Trinajstić information content (AvgIpc) is 2.49. The summed E-state index contributed by atoms with van der Waals surface area (Å²) in [7, 11) is 0. The molecule has 0 amide bonds. The number of hydrogen-bond acceptors (Lipinski definition) is 2. The second-order valence-electron chi connectivity index (χ2n) is 5.30. The summed E-state index contributed by atoms with van der Waals surface area (Å²) in [5, 5.41) is 12.8. The summed E-state index contributed by atoms with van der Waals surface area (Å²) < 4.78 is 2.08. The van der Waals surface area contributed by atoms with Crippen LogP contribution in [0.4, 0.5) is 5.69 Å². The molecule has 0 heterocycles. The second-order valence-corrected chi connectivity index (χ2v) is 7.13. The first-order valence-electron chi connectivity index (χ1n) is 6.89. The first-order chi connectivity index (χ1) is 10.2. The number of aryl methyl sites for hydroxylation is 1. The van der Waals surface area contributed by atoms with Crippen LogP contribution in [0, 0.1) is 11.3 Å². The standard InChI is InChI=1S/C17H14Br2N2/c18-14-3-1-12-9-16(5-2-11(12)7-14)21-17-6-4-15(19)8-13(17)10-20/h1,3-4,6-8,16,21H,2,5,9H2. The number of nitriles is 1. The van der Waals surface area contributed by atoms with Gasteiger partial charge in [0.05, 0.1) is 11.3 Å². The Bertz CT molecular complexity index is 719. The molecule has 2 aromatic carbocycles. The van der Waals surface area contributed by atoms with Gasteiger partial charge < -0.3 is 5.32 Å². The molecule has 21 heavy (non-hydrogen) atoms. The van der Waals surface area contributed by atoms with E-state index in [1.807, 2.05) is 18.2 Å². The van der Waals surface area contributed by atoms with E-state index in [-0.39, 0.29) is 0 Å². The molecule has 1 aliphatic carbocycles. The predicted molar refractivity (Wildman–Crippen MR) is 92.4 cm³/mol. The van der Waals surface area contributed by atoms with Gasteiger partial charge >= 0.3 is 0 Å². The first-order valence-corrected chi connectivity index (χ1v) is 8.48. The molecule has 0 aromatic heterocycles. The van der Waals surface area contributed by atoms with E-state index in [9.17, 15) is 5.26 Å². The number of nitrogens with one attached hydrogen (secondary N) is 1. The second kappa shape index (κ2) is 6.21. The molecule has 0 radical (unpaired) electrons. The van der Waals surface area contributed by atoms with Crippen LogP contribution in [0.15, 0.2) is 45.3 Å². The number of nitrogens with zero attached hydrogens (tertiary/aromatic N) is 1. The third kappa shape index (κ3) is 3.30. The SMILES string of the molecule is N#Cc1cc(Br)ccc1NC1CCc2cc(Br)ccc2C1. The quantitative estimate of drug-likeness (QED) is 0.758. The van der Waals surface area contributed by atoms with Crippen molar-refractivity contribution in [3.8, 4) is 6.07 Å². The van der Waals surface area contributed by atoms with Gasteiger partial charge in [0.25, 0.3) is 0 Å². The fraction of sp³-hybridized carbons (Fsp3) is 0.235. The highest BCUT2D eigenvalue weighted by Crippen LogP contribution is 2.28. The van der Waals surface area contributed by atoms with Gasteiger partial charge in [-0.15, -0.1) is 0 Å². The molecule has 0 spiro atoms. The van der Waals surface area contributed by atoms with Crippen molar-refractivity contribution in [3.05, 3.63) is 62.0 Å². The minimum atomic E-state index is 0.381. The maximum Gasteiger partial charge on any atom is 0.101 e. The van der Waals surface area contributed by atoms with Crippen molar-refractivity contribution in [2.45, 2.75) is 25.3 Å². The molecule has 106 valence electrons. The van der Waals surface area contributed by atoms with Crippen LogP contribution < -0.4 is 5.32 Å². The Hall–Kier alpha value is -1.31. The van der Waals surface area contributed by atoms with Crippen LogP contribution in [-0.4, -0.2) is 6.04 Å². The molecule has 1 N–H and O–H groups in total. The molecule has 0 bridgehead atoms. The molecule has 0 aliphatic heterocycles. The lowest BCUT2D eigenvalue weighted by atomic mass is 9.88. The van der Waals surface area contributed by atoms with Gasteiger partial charge in [-0.3, -0.25) is 0 Å². The molecular weight excluding hydrogens is 392 g/mol. The van der Waals surface area contributed by atoms with Crippen molar-refractivity contribution >= 4 is 37.5 Å². The molecule has 2 aromatic rings. The molecule has 1 unspecified atom stereocenters. The van der Waals surface area contributed by atoms with Gasteiger partial charge in [-0.05, 0) is 60.7 Å². The highest BCUT2D eigenvalue weighted by Gasteiger charge is 2.19. The van der Waals surface area contributed by atoms with Gasteiger partial charge in [-0.1, -0.05) is 37.9 Å². The zero-order chi connectivity index (χ0) is 14.8. The summed E-state index contributed by atoms with van der Waals surface area (Å²) in [5.41, 5.74) is 4.44. The number of rotatable bonds is 2. The summed E-state index contributed by atoms with van der Waals surface area (Å²) >= 11 is 6.94. The number of benzene rings is 2. The van der Waals surface area contributed by atoms with E-state index in [2.05, 4.69) is 61.4 Å². The van der Waals surface area contributed by atoms with Crippen LogP contribution in [0.25, 0.3) is 0 Å². The average molecular weight is 406 g/mol. The fourth-order valence-corrected chi connectivity index (χ4v) is 3.57. The maximum absolute atomic E-state index is 9.24. The highest BCUT2D eigenvalue weighted by atomic mass is 79.9. The zero-order valence-corrected chi connectivity index (χ0v) is 14.5. The molecule has 0 saturated heterocycles. The number of hydrogen-bond donors (Lipinski definition) is 1. The van der Waals surface area contributed by atoms with Crippen molar-refractivity contribution < 1.29 is 0 Å². The Morgan fingerprint density at radius 1 is 1.05 bits per heavy atom. The van der Waals surface area contributed by atoms with E-state index in [1.165, 1.54) is 11.1 Å². The third-order valence-corrected chi connectivity index (χ3v) is 4.84. The number of fused-ring (bicyclic) bond motifs is 1. The normalized spacial score (nSPS) is 16.9. The molecule has 3 rings (SSSR count). The van der Waals surface area contributed by atoms with Crippen molar-refractivity contribution in [2.75, 3.05) is 5.32 Å². The number of halogens is 2. The molecular formula is C17H14Br2N2. The van der Waals surface area contributed by atoms with Gasteiger partial charge in [-0.2, -0.15) is 5.26 Å². The van der Waals surface area contributed by atoms with Crippen LogP contribution in [0.1, 0.15) is 23.1 Å². The van der Waals surface area contributed by atoms with E-state index in [4.69, 9.17) is 0 Å². The van der Waals surface area contributed by atoms with Gasteiger partial charge in [0.15, 0.2) is 0 Å². The molecule has 0 fully saturated rings. The zero-order valence-electron chi connectivity index (χ0n) is 11.4. The Labute approximate surface area is 141 Å². The molecule has 4 heteroatoms. The topological polar surface area (TPSA) is 35.8 Å². The Kier molecular flexibility index (Phi) is 4.32. The summed E-state index contributed by atoms with van der Waals surface area (Å²) in [4.78, 5) is 0. The summed E-state index contributed by atoms with van der Waals surface area (Å²) in [6, 6.07) is 14.9. The molecule has 2 nitrogen and oxygen atoms in total. The van der Waals surface area contributed by atoms with Crippen LogP contribution in [-0.2, 0) is 12.8 Å². The lowest BCUT2D eigenvalue weighted by Crippen LogP contribution is -2.27. The van der Waals surface area contributed by atoms with Crippen LogP contribution in [0.2, 0.25) is 0 Å².